The summed E-state index contributed by atoms with van der Waals surface area (Å²) in [7, 11) is 0. The van der Waals surface area contributed by atoms with Gasteiger partial charge in [-0.2, -0.15) is 0 Å². The highest BCUT2D eigenvalue weighted by molar-refractivity contribution is 5.86. The molecule has 0 aromatic heterocycles. The molecular formula is C25H42N2O5. The normalized spacial score (nSPS) is 16.9. The smallest absolute Gasteiger partial charge is 0.305 e. The van der Waals surface area contributed by atoms with Crippen molar-refractivity contribution < 1.29 is 24.2 Å². The van der Waals surface area contributed by atoms with Crippen LogP contribution >= 0.6 is 0 Å². The van der Waals surface area contributed by atoms with E-state index in [1.54, 1.807) is 19.1 Å². The number of nitrogens with one attached hydrogen (secondary N) is 2. The average molecular weight is 451 g/mol. The van der Waals surface area contributed by atoms with Gasteiger partial charge in [0.1, 0.15) is 6.61 Å². The topological polar surface area (TPSA) is 105 Å². The van der Waals surface area contributed by atoms with Crippen LogP contribution in [0.1, 0.15) is 77.6 Å². The van der Waals surface area contributed by atoms with Crippen LogP contribution in [0.4, 0.5) is 0 Å². The number of amides is 2. The summed E-state index contributed by atoms with van der Waals surface area (Å²) < 4.78 is 5.47. The van der Waals surface area contributed by atoms with Crippen LogP contribution in [0.3, 0.4) is 0 Å². The minimum Gasteiger partial charge on any atom is -0.463 e. The fraction of sp³-hybridized carbons (Fsp3) is 0.720. The van der Waals surface area contributed by atoms with E-state index in [4.69, 9.17) is 9.84 Å². The molecule has 2 amide bonds. The Bertz CT molecular complexity index is 601. The number of carbonyl (C=O) groups is 3. The standard InChI is InChI=1S/C25H42N2O5/c1-4-6-8-14-24(30)32-18-22(15-20-12-9-7-10-13-20)27-25(31)21(11-5-2)16-23(29)26-19(3)17-28/h4-5,19-22,28H,1-2,6-18H2,3H3,(H,26,29)(H,27,31)/t19-,21-,22+/m1/s1. The van der Waals surface area contributed by atoms with Gasteiger partial charge >= 0.3 is 5.97 Å². The zero-order valence-corrected chi connectivity index (χ0v) is 19.7. The molecule has 0 unspecified atom stereocenters. The SMILES string of the molecule is C=CCCCC(=O)OC[C@H](CC1CCCCC1)NC(=O)[C@H](CC=C)CC(=O)N[C@H](C)CO. The number of rotatable bonds is 16. The van der Waals surface area contributed by atoms with Gasteiger partial charge in [0.05, 0.1) is 18.6 Å². The first-order valence-corrected chi connectivity index (χ1v) is 12.0. The van der Waals surface area contributed by atoms with Crippen LogP contribution in [0.2, 0.25) is 0 Å². The lowest BCUT2D eigenvalue weighted by Crippen LogP contribution is -2.45. The van der Waals surface area contributed by atoms with Crippen LogP contribution in [0.15, 0.2) is 25.3 Å². The molecule has 32 heavy (non-hydrogen) atoms. The predicted octanol–water partition coefficient (Wildman–Crippen LogP) is 3.42. The minimum atomic E-state index is -0.560. The number of hydrogen-bond donors (Lipinski definition) is 3. The van der Waals surface area contributed by atoms with Gasteiger partial charge in [-0.3, -0.25) is 14.4 Å². The number of esters is 1. The molecule has 7 heteroatoms. The van der Waals surface area contributed by atoms with Gasteiger partial charge in [-0.1, -0.05) is 44.3 Å². The van der Waals surface area contributed by atoms with Crippen LogP contribution in [0, 0.1) is 11.8 Å². The molecule has 0 aromatic carbocycles. The van der Waals surface area contributed by atoms with Crippen molar-refractivity contribution >= 4 is 17.8 Å². The number of unbranched alkanes of at least 4 members (excludes halogenated alkanes) is 1. The van der Waals surface area contributed by atoms with Gasteiger partial charge < -0.3 is 20.5 Å². The monoisotopic (exact) mass is 450 g/mol. The summed E-state index contributed by atoms with van der Waals surface area (Å²) in [6.45, 7) is 9.04. The van der Waals surface area contributed by atoms with Gasteiger partial charge in [0.2, 0.25) is 11.8 Å². The summed E-state index contributed by atoms with van der Waals surface area (Å²) in [6, 6.07) is -0.643. The second-order valence-electron chi connectivity index (χ2n) is 8.89. The molecule has 0 bridgehead atoms. The van der Waals surface area contributed by atoms with Gasteiger partial charge in [0.25, 0.3) is 0 Å². The zero-order chi connectivity index (χ0) is 23.8. The Kier molecular flexibility index (Phi) is 14.4. The van der Waals surface area contributed by atoms with E-state index in [9.17, 15) is 14.4 Å². The second-order valence-corrected chi connectivity index (χ2v) is 8.89. The first kappa shape index (κ1) is 27.9. The van der Waals surface area contributed by atoms with Crippen molar-refractivity contribution in [2.45, 2.75) is 89.6 Å². The van der Waals surface area contributed by atoms with E-state index in [2.05, 4.69) is 23.8 Å². The highest BCUT2D eigenvalue weighted by Gasteiger charge is 2.26. The van der Waals surface area contributed by atoms with E-state index in [0.717, 1.165) is 25.7 Å². The summed E-state index contributed by atoms with van der Waals surface area (Å²) >= 11 is 0. The lowest BCUT2D eigenvalue weighted by molar-refractivity contribution is -0.145. The van der Waals surface area contributed by atoms with Crippen LogP contribution in [-0.4, -0.2) is 48.2 Å². The van der Waals surface area contributed by atoms with Gasteiger partial charge in [-0.15, -0.1) is 13.2 Å². The van der Waals surface area contributed by atoms with E-state index in [1.807, 2.05) is 0 Å². The molecule has 3 N–H and O–H groups in total. The number of aliphatic hydroxyl groups excluding tert-OH is 1. The van der Waals surface area contributed by atoms with Gasteiger partial charge in [-0.25, -0.2) is 0 Å². The van der Waals surface area contributed by atoms with Crippen LogP contribution < -0.4 is 10.6 Å². The molecule has 7 nitrogen and oxygen atoms in total. The van der Waals surface area contributed by atoms with E-state index >= 15 is 0 Å². The lowest BCUT2D eigenvalue weighted by atomic mass is 9.84. The molecule has 0 aromatic rings. The highest BCUT2D eigenvalue weighted by atomic mass is 16.5. The molecule has 0 saturated heterocycles. The van der Waals surface area contributed by atoms with E-state index in [0.29, 0.717) is 25.2 Å². The third kappa shape index (κ3) is 12.0. The minimum absolute atomic E-state index is 0.0136. The Morgan fingerprint density at radius 2 is 1.84 bits per heavy atom. The second kappa shape index (κ2) is 16.5. The fourth-order valence-corrected chi connectivity index (χ4v) is 4.06. The number of ether oxygens (including phenoxy) is 1. The lowest BCUT2D eigenvalue weighted by Gasteiger charge is -2.28. The predicted molar refractivity (Wildman–Crippen MR) is 126 cm³/mol. The summed E-state index contributed by atoms with van der Waals surface area (Å²) in [5.41, 5.74) is 0. The number of aliphatic hydroxyl groups is 1. The molecule has 0 spiro atoms. The van der Waals surface area contributed by atoms with Crippen molar-refractivity contribution in [3.05, 3.63) is 25.3 Å². The molecule has 0 heterocycles. The highest BCUT2D eigenvalue weighted by Crippen LogP contribution is 2.27. The molecule has 0 aliphatic heterocycles. The summed E-state index contributed by atoms with van der Waals surface area (Å²) in [5.74, 6) is -0.850. The van der Waals surface area contributed by atoms with Crippen LogP contribution in [0.5, 0.6) is 0 Å². The maximum atomic E-state index is 13.0. The summed E-state index contributed by atoms with van der Waals surface area (Å²) in [4.78, 5) is 37.3. The van der Waals surface area contributed by atoms with Crippen LogP contribution in [0.25, 0.3) is 0 Å². The van der Waals surface area contributed by atoms with E-state index < -0.39 is 5.92 Å². The molecule has 1 fully saturated rings. The number of hydrogen-bond acceptors (Lipinski definition) is 5. The van der Waals surface area contributed by atoms with Crippen molar-refractivity contribution in [1.29, 1.82) is 0 Å². The van der Waals surface area contributed by atoms with E-state index in [1.165, 1.54) is 19.3 Å². The Morgan fingerprint density at radius 3 is 2.47 bits per heavy atom. The fourth-order valence-electron chi connectivity index (χ4n) is 4.06. The third-order valence-corrected chi connectivity index (χ3v) is 5.86. The molecular weight excluding hydrogens is 408 g/mol. The molecule has 1 aliphatic rings. The Morgan fingerprint density at radius 1 is 1.12 bits per heavy atom. The molecule has 1 aliphatic carbocycles. The van der Waals surface area contributed by atoms with E-state index in [-0.39, 0.29) is 49.5 Å². The zero-order valence-electron chi connectivity index (χ0n) is 19.7. The largest absolute Gasteiger partial charge is 0.463 e. The van der Waals surface area contributed by atoms with Crippen molar-refractivity contribution in [1.82, 2.24) is 10.6 Å². The average Bonchev–Trinajstić information content (AvgIpc) is 2.77. The third-order valence-electron chi connectivity index (χ3n) is 5.86. The molecule has 1 rings (SSSR count). The van der Waals surface area contributed by atoms with Gasteiger partial charge in [0.15, 0.2) is 0 Å². The first-order valence-electron chi connectivity index (χ1n) is 12.0. The van der Waals surface area contributed by atoms with Gasteiger partial charge in [0, 0.05) is 18.9 Å². The van der Waals surface area contributed by atoms with Crippen molar-refractivity contribution in [2.75, 3.05) is 13.2 Å². The summed E-state index contributed by atoms with van der Waals surface area (Å²) in [5, 5.41) is 14.8. The van der Waals surface area contributed by atoms with Crippen LogP contribution in [-0.2, 0) is 19.1 Å². The Hall–Kier alpha value is -2.15. The Balaban J connectivity index is 2.71. The van der Waals surface area contributed by atoms with Crippen molar-refractivity contribution in [2.24, 2.45) is 11.8 Å². The maximum absolute atomic E-state index is 13.0. The number of carbonyl (C=O) groups excluding carboxylic acids is 3. The first-order chi connectivity index (χ1) is 15.4. The van der Waals surface area contributed by atoms with Crippen molar-refractivity contribution in [3.8, 4) is 0 Å². The Labute approximate surface area is 193 Å². The molecule has 182 valence electrons. The number of allylic oxidation sites excluding steroid dienone is 2. The quantitative estimate of drug-likeness (QED) is 0.190. The van der Waals surface area contributed by atoms with Crippen molar-refractivity contribution in [3.63, 3.8) is 0 Å². The van der Waals surface area contributed by atoms with Gasteiger partial charge in [-0.05, 0) is 38.5 Å². The summed E-state index contributed by atoms with van der Waals surface area (Å²) in [6.07, 6.45) is 12.2. The molecule has 1 saturated carbocycles. The molecule has 0 radical (unpaired) electrons. The maximum Gasteiger partial charge on any atom is 0.305 e. The molecule has 3 atom stereocenters.